The molecule has 0 bridgehead atoms. The molecule has 0 radical (unpaired) electrons. The number of ketones is 1. The molecule has 1 saturated carbocycles. The van der Waals surface area contributed by atoms with Crippen molar-refractivity contribution >= 4 is 23.2 Å². The summed E-state index contributed by atoms with van der Waals surface area (Å²) in [6.45, 7) is 9.69. The first kappa shape index (κ1) is 17.9. The normalized spacial score (nSPS) is 26.0. The summed E-state index contributed by atoms with van der Waals surface area (Å²) in [5.74, 6) is 0.548. The summed E-state index contributed by atoms with van der Waals surface area (Å²) >= 11 is 0. The number of carbonyl (C=O) groups excluding carboxylic acids is 2. The lowest BCUT2D eigenvalue weighted by Gasteiger charge is -2.49. The molecule has 1 saturated heterocycles. The zero-order chi connectivity index (χ0) is 18.2. The van der Waals surface area contributed by atoms with Gasteiger partial charge in [-0.05, 0) is 37.9 Å². The number of likely N-dealkylation sites (N-methyl/N-ethyl adjacent to an activating group) is 1. The largest absolute Gasteiger partial charge is 0.368 e. The van der Waals surface area contributed by atoms with Gasteiger partial charge < -0.3 is 15.1 Å². The smallest absolute Gasteiger partial charge is 0.229 e. The van der Waals surface area contributed by atoms with E-state index in [1.807, 2.05) is 32.2 Å². The maximum atomic E-state index is 12.5. The average Bonchev–Trinajstić information content (AvgIpc) is 2.55. The third kappa shape index (κ3) is 3.54. The maximum Gasteiger partial charge on any atom is 0.229 e. The van der Waals surface area contributed by atoms with E-state index in [1.165, 1.54) is 0 Å². The van der Waals surface area contributed by atoms with Crippen LogP contribution in [-0.2, 0) is 9.59 Å². The number of carbonyl (C=O) groups is 2. The monoisotopic (exact) mass is 344 g/mol. The summed E-state index contributed by atoms with van der Waals surface area (Å²) in [7, 11) is 2.13. The molecule has 6 heteroatoms. The van der Waals surface area contributed by atoms with E-state index in [4.69, 9.17) is 0 Å². The molecule has 136 valence electrons. The number of nitrogens with zero attached hydrogens (tertiary/aromatic N) is 3. The fourth-order valence-electron chi connectivity index (χ4n) is 3.99. The highest BCUT2D eigenvalue weighted by molar-refractivity contribution is 5.95. The molecule has 0 aromatic carbocycles. The molecular formula is C19H28N4O2. The van der Waals surface area contributed by atoms with Crippen LogP contribution in [0.15, 0.2) is 18.3 Å². The fourth-order valence-corrected chi connectivity index (χ4v) is 3.99. The predicted molar refractivity (Wildman–Crippen MR) is 98.6 cm³/mol. The SMILES string of the molecule is CC(=O)[C@@H]1C[C@H](C(=O)Nc2ccc(N3CCN(C)CC3)cn2)C1(C)C. The van der Waals surface area contributed by atoms with E-state index in [1.54, 1.807) is 6.92 Å². The number of piperazine rings is 1. The van der Waals surface area contributed by atoms with Crippen molar-refractivity contribution in [1.29, 1.82) is 0 Å². The molecule has 1 aromatic rings. The van der Waals surface area contributed by atoms with Crippen LogP contribution in [0, 0.1) is 17.3 Å². The van der Waals surface area contributed by atoms with E-state index >= 15 is 0 Å². The van der Waals surface area contributed by atoms with E-state index in [9.17, 15) is 9.59 Å². The van der Waals surface area contributed by atoms with E-state index in [-0.39, 0.29) is 28.9 Å². The second kappa shape index (κ2) is 6.75. The lowest BCUT2D eigenvalue weighted by atomic mass is 9.53. The van der Waals surface area contributed by atoms with Crippen LogP contribution in [0.4, 0.5) is 11.5 Å². The number of nitrogens with one attached hydrogen (secondary N) is 1. The van der Waals surface area contributed by atoms with Gasteiger partial charge in [-0.25, -0.2) is 4.98 Å². The highest BCUT2D eigenvalue weighted by Gasteiger charge is 2.53. The van der Waals surface area contributed by atoms with Crippen LogP contribution < -0.4 is 10.2 Å². The van der Waals surface area contributed by atoms with E-state index < -0.39 is 0 Å². The van der Waals surface area contributed by atoms with E-state index in [2.05, 4.69) is 27.1 Å². The Morgan fingerprint density at radius 1 is 1.16 bits per heavy atom. The molecule has 1 amide bonds. The minimum Gasteiger partial charge on any atom is -0.368 e. The molecule has 2 aliphatic rings. The van der Waals surface area contributed by atoms with Crippen LogP contribution in [0.5, 0.6) is 0 Å². The van der Waals surface area contributed by atoms with Crippen LogP contribution in [-0.4, -0.2) is 54.8 Å². The van der Waals surface area contributed by atoms with Crippen molar-refractivity contribution in [2.75, 3.05) is 43.4 Å². The summed E-state index contributed by atoms with van der Waals surface area (Å²) in [6, 6.07) is 3.87. The van der Waals surface area contributed by atoms with Gasteiger partial charge in [-0.1, -0.05) is 13.8 Å². The topological polar surface area (TPSA) is 65.5 Å². The van der Waals surface area contributed by atoms with Crippen LogP contribution >= 0.6 is 0 Å². The molecular weight excluding hydrogens is 316 g/mol. The first-order valence-corrected chi connectivity index (χ1v) is 9.00. The minimum absolute atomic E-state index is 0.0178. The molecule has 2 heterocycles. The van der Waals surface area contributed by atoms with Crippen molar-refractivity contribution < 1.29 is 9.59 Å². The van der Waals surface area contributed by atoms with Gasteiger partial charge in [-0.2, -0.15) is 0 Å². The van der Waals surface area contributed by atoms with Crippen molar-refractivity contribution in [3.8, 4) is 0 Å². The molecule has 6 nitrogen and oxygen atoms in total. The second-order valence-electron chi connectivity index (χ2n) is 7.95. The molecule has 2 fully saturated rings. The van der Waals surface area contributed by atoms with Gasteiger partial charge in [-0.15, -0.1) is 0 Å². The van der Waals surface area contributed by atoms with Gasteiger partial charge in [0, 0.05) is 38.0 Å². The Balaban J connectivity index is 1.59. The molecule has 3 rings (SSSR count). The van der Waals surface area contributed by atoms with E-state index in [0.29, 0.717) is 12.2 Å². The molecule has 1 aliphatic carbocycles. The maximum absolute atomic E-state index is 12.5. The standard InChI is InChI=1S/C19H28N4O2/c1-13(24)15-11-16(19(15,2)3)18(25)21-17-6-5-14(12-20-17)23-9-7-22(4)8-10-23/h5-6,12,15-16H,7-11H2,1-4H3,(H,20,21,25)/t15-,16+/m0/s1. The molecule has 0 unspecified atom stereocenters. The van der Waals surface area contributed by atoms with E-state index in [0.717, 1.165) is 31.9 Å². The fraction of sp³-hybridized carbons (Fsp3) is 0.632. The van der Waals surface area contributed by atoms with Gasteiger partial charge >= 0.3 is 0 Å². The molecule has 0 spiro atoms. The summed E-state index contributed by atoms with van der Waals surface area (Å²) < 4.78 is 0. The highest BCUT2D eigenvalue weighted by atomic mass is 16.2. The van der Waals surface area contributed by atoms with Crippen LogP contribution in [0.3, 0.4) is 0 Å². The lowest BCUT2D eigenvalue weighted by molar-refractivity contribution is -0.145. The van der Waals surface area contributed by atoms with Gasteiger partial charge in [0.1, 0.15) is 11.6 Å². The first-order chi connectivity index (χ1) is 11.8. The Morgan fingerprint density at radius 3 is 2.36 bits per heavy atom. The Bertz CT molecular complexity index is 648. The molecule has 25 heavy (non-hydrogen) atoms. The number of hydrogen-bond donors (Lipinski definition) is 1. The Labute approximate surface area is 149 Å². The zero-order valence-corrected chi connectivity index (χ0v) is 15.6. The quantitative estimate of drug-likeness (QED) is 0.905. The average molecular weight is 344 g/mol. The van der Waals surface area contributed by atoms with Gasteiger partial charge in [0.25, 0.3) is 0 Å². The molecule has 1 N–H and O–H groups in total. The lowest BCUT2D eigenvalue weighted by Crippen LogP contribution is -2.53. The number of Topliss-reactive ketones (excluding diaryl/α,β-unsaturated/α-hetero) is 1. The second-order valence-corrected chi connectivity index (χ2v) is 7.95. The summed E-state index contributed by atoms with van der Waals surface area (Å²) in [5, 5.41) is 2.91. The van der Waals surface area contributed by atoms with Gasteiger partial charge in [0.15, 0.2) is 0 Å². The molecule has 1 aromatic heterocycles. The van der Waals surface area contributed by atoms with Crippen LogP contribution in [0.1, 0.15) is 27.2 Å². The van der Waals surface area contributed by atoms with Crippen molar-refractivity contribution in [2.24, 2.45) is 17.3 Å². The van der Waals surface area contributed by atoms with Crippen molar-refractivity contribution in [1.82, 2.24) is 9.88 Å². The van der Waals surface area contributed by atoms with Crippen molar-refractivity contribution in [3.63, 3.8) is 0 Å². The molecule has 1 aliphatic heterocycles. The summed E-state index contributed by atoms with van der Waals surface area (Å²) in [4.78, 5) is 33.2. The van der Waals surface area contributed by atoms with Crippen molar-refractivity contribution in [2.45, 2.75) is 27.2 Å². The first-order valence-electron chi connectivity index (χ1n) is 9.00. The number of pyridine rings is 1. The van der Waals surface area contributed by atoms with Crippen LogP contribution in [0.25, 0.3) is 0 Å². The Morgan fingerprint density at radius 2 is 1.84 bits per heavy atom. The number of amides is 1. The van der Waals surface area contributed by atoms with Crippen molar-refractivity contribution in [3.05, 3.63) is 18.3 Å². The summed E-state index contributed by atoms with van der Waals surface area (Å²) in [6.07, 6.45) is 2.46. The van der Waals surface area contributed by atoms with Gasteiger partial charge in [-0.3, -0.25) is 9.59 Å². The van der Waals surface area contributed by atoms with Crippen LogP contribution in [0.2, 0.25) is 0 Å². The zero-order valence-electron chi connectivity index (χ0n) is 15.6. The number of hydrogen-bond acceptors (Lipinski definition) is 5. The van der Waals surface area contributed by atoms with Gasteiger partial charge in [0.2, 0.25) is 5.91 Å². The van der Waals surface area contributed by atoms with Gasteiger partial charge in [0.05, 0.1) is 11.9 Å². The predicted octanol–water partition coefficient (Wildman–Crippen LogP) is 2.02. The number of anilines is 2. The minimum atomic E-state index is -0.282. The summed E-state index contributed by atoms with van der Waals surface area (Å²) in [5.41, 5.74) is 0.807. The number of rotatable bonds is 4. The third-order valence-electron chi connectivity index (χ3n) is 5.94. The Kier molecular flexibility index (Phi) is 4.82. The highest BCUT2D eigenvalue weighted by Crippen LogP contribution is 2.51. The third-order valence-corrected chi connectivity index (χ3v) is 5.94. The Hall–Kier alpha value is -1.95. The molecule has 2 atom stereocenters. The number of aromatic nitrogens is 1.